The summed E-state index contributed by atoms with van der Waals surface area (Å²) in [4.78, 5) is 32.0. The van der Waals surface area contributed by atoms with Gasteiger partial charge in [0.05, 0.1) is 23.4 Å². The number of carbonyl (C=O) groups excluding carboxylic acids is 2. The number of hydrogen-bond donors (Lipinski definition) is 1. The van der Waals surface area contributed by atoms with Crippen molar-refractivity contribution in [2.45, 2.75) is 19.4 Å². The maximum Gasteiger partial charge on any atom is 0.300 e. The normalized spacial score (nSPS) is 17.6. The molecule has 1 unspecified atom stereocenters. The number of carbonyl (C=O) groups is 2. The van der Waals surface area contributed by atoms with E-state index in [0.717, 1.165) is 12.0 Å². The molecule has 1 saturated heterocycles. The number of benzene rings is 2. The van der Waals surface area contributed by atoms with Crippen LogP contribution < -0.4 is 9.64 Å². The number of ketones is 1. The van der Waals surface area contributed by atoms with Crippen LogP contribution in [0.3, 0.4) is 0 Å². The molecule has 1 fully saturated rings. The first-order valence-electron chi connectivity index (χ1n) is 10.1. The van der Waals surface area contributed by atoms with Crippen molar-refractivity contribution < 1.29 is 19.4 Å². The Morgan fingerprint density at radius 2 is 1.88 bits per heavy atom. The van der Waals surface area contributed by atoms with Crippen LogP contribution in [-0.4, -0.2) is 28.9 Å². The second-order valence-electron chi connectivity index (χ2n) is 7.29. The number of Topliss-reactive ketones (excluding diaryl/α,β-unsaturated/α-hetero) is 1. The van der Waals surface area contributed by atoms with E-state index in [0.29, 0.717) is 17.1 Å². The van der Waals surface area contributed by atoms with Crippen LogP contribution in [0.4, 0.5) is 5.69 Å². The number of amides is 1. The standard InChI is InChI=1S/C25H21ClN2O4/c1-3-15-7-9-16(10-8-15)28-22(20-6-4-5-13-27-20)21(24(30)25(28)31)23(29)18-14-17(32-2)11-12-19(18)26/h4-14,22,29H,3H2,1-2H3/b23-21+. The van der Waals surface area contributed by atoms with E-state index in [1.54, 1.807) is 48.7 Å². The first-order valence-corrected chi connectivity index (χ1v) is 10.5. The molecule has 2 heterocycles. The fraction of sp³-hybridized carbons (Fsp3) is 0.160. The van der Waals surface area contributed by atoms with Gasteiger partial charge in [-0.3, -0.25) is 19.5 Å². The minimum absolute atomic E-state index is 0.0802. The van der Waals surface area contributed by atoms with E-state index in [9.17, 15) is 14.7 Å². The van der Waals surface area contributed by atoms with Crippen LogP contribution in [0.5, 0.6) is 5.75 Å². The third-order valence-electron chi connectivity index (χ3n) is 5.46. The molecule has 1 aliphatic heterocycles. The monoisotopic (exact) mass is 448 g/mol. The molecule has 0 aliphatic carbocycles. The number of methoxy groups -OCH3 is 1. The molecule has 3 aromatic rings. The molecule has 0 radical (unpaired) electrons. The molecule has 162 valence electrons. The molecule has 1 aromatic heterocycles. The predicted octanol–water partition coefficient (Wildman–Crippen LogP) is 4.93. The zero-order valence-corrected chi connectivity index (χ0v) is 18.3. The fourth-order valence-corrected chi connectivity index (χ4v) is 3.97. The van der Waals surface area contributed by atoms with Crippen LogP contribution >= 0.6 is 11.6 Å². The van der Waals surface area contributed by atoms with Gasteiger partial charge in [0.15, 0.2) is 0 Å². The van der Waals surface area contributed by atoms with E-state index in [2.05, 4.69) is 4.98 Å². The van der Waals surface area contributed by atoms with Gasteiger partial charge in [0.2, 0.25) is 0 Å². The molecule has 4 rings (SSSR count). The van der Waals surface area contributed by atoms with Gasteiger partial charge in [0.1, 0.15) is 17.6 Å². The summed E-state index contributed by atoms with van der Waals surface area (Å²) in [5.74, 6) is -1.48. The molecule has 1 atom stereocenters. The quantitative estimate of drug-likeness (QED) is 0.340. The Hall–Kier alpha value is -3.64. The van der Waals surface area contributed by atoms with Gasteiger partial charge >= 0.3 is 0 Å². The fourth-order valence-electron chi connectivity index (χ4n) is 3.77. The van der Waals surface area contributed by atoms with Gasteiger partial charge < -0.3 is 9.84 Å². The van der Waals surface area contributed by atoms with E-state index in [1.807, 2.05) is 19.1 Å². The van der Waals surface area contributed by atoms with Crippen molar-refractivity contribution in [1.82, 2.24) is 4.98 Å². The Morgan fingerprint density at radius 3 is 2.50 bits per heavy atom. The number of halogens is 1. The van der Waals surface area contributed by atoms with Gasteiger partial charge in [0, 0.05) is 17.4 Å². The van der Waals surface area contributed by atoms with E-state index in [-0.39, 0.29) is 21.9 Å². The number of ether oxygens (including phenoxy) is 1. The lowest BCUT2D eigenvalue weighted by Crippen LogP contribution is -2.29. The second-order valence-corrected chi connectivity index (χ2v) is 7.70. The number of nitrogens with zero attached hydrogens (tertiary/aromatic N) is 2. The Balaban J connectivity index is 1.94. The van der Waals surface area contributed by atoms with Crippen molar-refractivity contribution in [3.63, 3.8) is 0 Å². The van der Waals surface area contributed by atoms with E-state index in [1.165, 1.54) is 18.1 Å². The third kappa shape index (κ3) is 3.74. The van der Waals surface area contributed by atoms with Crippen LogP contribution in [-0.2, 0) is 16.0 Å². The summed E-state index contributed by atoms with van der Waals surface area (Å²) < 4.78 is 5.23. The number of aromatic nitrogens is 1. The van der Waals surface area contributed by atoms with Crippen molar-refractivity contribution >= 4 is 34.7 Å². The minimum atomic E-state index is -0.911. The highest BCUT2D eigenvalue weighted by atomic mass is 35.5. The number of hydrogen-bond acceptors (Lipinski definition) is 5. The average molecular weight is 449 g/mol. The highest BCUT2D eigenvalue weighted by molar-refractivity contribution is 6.52. The average Bonchev–Trinajstić information content (AvgIpc) is 3.10. The molecule has 2 aromatic carbocycles. The van der Waals surface area contributed by atoms with Gasteiger partial charge in [-0.2, -0.15) is 0 Å². The minimum Gasteiger partial charge on any atom is -0.507 e. The van der Waals surface area contributed by atoms with Crippen LogP contribution in [0.1, 0.15) is 29.8 Å². The number of aliphatic hydroxyl groups excluding tert-OH is 1. The summed E-state index contributed by atoms with van der Waals surface area (Å²) in [6, 6.07) is 16.4. The van der Waals surface area contributed by atoms with Gasteiger partial charge in [-0.1, -0.05) is 36.7 Å². The Kier molecular flexibility index (Phi) is 5.97. The largest absolute Gasteiger partial charge is 0.507 e. The van der Waals surface area contributed by atoms with Crippen LogP contribution in [0.2, 0.25) is 5.02 Å². The molecule has 1 N–H and O–H groups in total. The SMILES string of the molecule is CCc1ccc(N2C(=O)C(=O)/C(=C(/O)c3cc(OC)ccc3Cl)C2c2ccccn2)cc1. The Morgan fingerprint density at radius 1 is 1.12 bits per heavy atom. The highest BCUT2D eigenvalue weighted by Gasteiger charge is 2.47. The van der Waals surface area contributed by atoms with Crippen molar-refractivity contribution in [1.29, 1.82) is 0 Å². The summed E-state index contributed by atoms with van der Waals surface area (Å²) >= 11 is 6.32. The summed E-state index contributed by atoms with van der Waals surface area (Å²) in [7, 11) is 1.49. The second kappa shape index (κ2) is 8.85. The molecular weight excluding hydrogens is 428 g/mol. The predicted molar refractivity (Wildman–Crippen MR) is 123 cm³/mol. The molecule has 1 aliphatic rings. The molecular formula is C25H21ClN2O4. The van der Waals surface area contributed by atoms with Gasteiger partial charge in [-0.15, -0.1) is 0 Å². The van der Waals surface area contributed by atoms with Crippen LogP contribution in [0.15, 0.2) is 72.4 Å². The Bertz CT molecular complexity index is 1210. The van der Waals surface area contributed by atoms with Crippen LogP contribution in [0.25, 0.3) is 5.76 Å². The summed E-state index contributed by atoms with van der Waals surface area (Å²) in [5.41, 5.74) is 2.21. The summed E-state index contributed by atoms with van der Waals surface area (Å²) in [6.45, 7) is 2.03. The number of rotatable bonds is 5. The van der Waals surface area contributed by atoms with Crippen molar-refractivity contribution in [2.24, 2.45) is 0 Å². The molecule has 7 heteroatoms. The summed E-state index contributed by atoms with van der Waals surface area (Å²) in [5, 5.41) is 11.4. The molecule has 0 spiro atoms. The number of pyridine rings is 1. The number of anilines is 1. The zero-order valence-electron chi connectivity index (χ0n) is 17.6. The molecule has 0 bridgehead atoms. The van der Waals surface area contributed by atoms with Crippen LogP contribution in [0, 0.1) is 0 Å². The maximum absolute atomic E-state index is 13.2. The molecule has 6 nitrogen and oxygen atoms in total. The van der Waals surface area contributed by atoms with Gasteiger partial charge in [0.25, 0.3) is 11.7 Å². The summed E-state index contributed by atoms with van der Waals surface area (Å²) in [6.07, 6.45) is 2.42. The van der Waals surface area contributed by atoms with E-state index >= 15 is 0 Å². The molecule has 0 saturated carbocycles. The van der Waals surface area contributed by atoms with E-state index in [4.69, 9.17) is 16.3 Å². The number of aliphatic hydroxyl groups is 1. The number of aryl methyl sites for hydroxylation is 1. The van der Waals surface area contributed by atoms with Gasteiger partial charge in [-0.05, 0) is 54.4 Å². The van der Waals surface area contributed by atoms with Crippen molar-refractivity contribution in [3.05, 3.63) is 94.3 Å². The highest BCUT2D eigenvalue weighted by Crippen LogP contribution is 2.42. The Labute approximate surface area is 190 Å². The zero-order chi connectivity index (χ0) is 22.8. The molecule has 1 amide bonds. The van der Waals surface area contributed by atoms with Crippen molar-refractivity contribution in [3.8, 4) is 5.75 Å². The third-order valence-corrected chi connectivity index (χ3v) is 5.79. The first-order chi connectivity index (χ1) is 15.5. The maximum atomic E-state index is 13.2. The van der Waals surface area contributed by atoms with E-state index < -0.39 is 17.7 Å². The smallest absolute Gasteiger partial charge is 0.300 e. The lowest BCUT2D eigenvalue weighted by molar-refractivity contribution is -0.132. The lowest BCUT2D eigenvalue weighted by Gasteiger charge is -2.24. The van der Waals surface area contributed by atoms with Crippen molar-refractivity contribution in [2.75, 3.05) is 12.0 Å². The lowest BCUT2D eigenvalue weighted by atomic mass is 9.98. The topological polar surface area (TPSA) is 79.7 Å². The first kappa shape index (κ1) is 21.6. The van der Waals surface area contributed by atoms with Gasteiger partial charge in [-0.25, -0.2) is 0 Å². The molecule has 32 heavy (non-hydrogen) atoms.